The van der Waals surface area contributed by atoms with Crippen molar-refractivity contribution in [2.75, 3.05) is 0 Å². The van der Waals surface area contributed by atoms with Crippen molar-refractivity contribution in [3.8, 4) is 0 Å². The van der Waals surface area contributed by atoms with Gasteiger partial charge in [0.2, 0.25) is 0 Å². The normalized spacial score (nSPS) is 25.7. The fourth-order valence-corrected chi connectivity index (χ4v) is 2.31. The van der Waals surface area contributed by atoms with E-state index in [0.717, 1.165) is 19.3 Å². The Morgan fingerprint density at radius 2 is 1.64 bits per heavy atom. The van der Waals surface area contributed by atoms with Crippen LogP contribution in [0.1, 0.15) is 47.0 Å². The highest BCUT2D eigenvalue weighted by atomic mass is 16.7. The summed E-state index contributed by atoms with van der Waals surface area (Å²) in [5.74, 6) is 0. The summed E-state index contributed by atoms with van der Waals surface area (Å²) in [5, 5.41) is 1.74. The van der Waals surface area contributed by atoms with Crippen molar-refractivity contribution in [3.63, 3.8) is 0 Å². The number of nitrogens with two attached hydrogens (primary N) is 1. The number of amides is 1. The van der Waals surface area contributed by atoms with Crippen LogP contribution in [0, 0.1) is 0 Å². The van der Waals surface area contributed by atoms with Crippen LogP contribution in [0.15, 0.2) is 0 Å². The molecular formula is C10H20N2O2. The van der Waals surface area contributed by atoms with Gasteiger partial charge in [0.05, 0.1) is 11.1 Å². The molecule has 0 saturated carbocycles. The molecule has 82 valence electrons. The fourth-order valence-electron chi connectivity index (χ4n) is 2.31. The van der Waals surface area contributed by atoms with Crippen LogP contribution >= 0.6 is 0 Å². The van der Waals surface area contributed by atoms with Crippen LogP contribution in [0.3, 0.4) is 0 Å². The Hall–Kier alpha value is -0.770. The van der Waals surface area contributed by atoms with Crippen LogP contribution in [-0.4, -0.2) is 22.2 Å². The molecule has 14 heavy (non-hydrogen) atoms. The standard InChI is InChI=1S/C10H20N2O2/c1-9(2)6-5-7-10(3,4)12(9)14-8(11)13/h5-7H2,1-4H3,(H2,11,13). The first kappa shape index (κ1) is 11.3. The number of hydroxylamine groups is 2. The minimum atomic E-state index is -0.729. The molecule has 2 N–H and O–H groups in total. The van der Waals surface area contributed by atoms with Gasteiger partial charge in [0.1, 0.15) is 0 Å². The van der Waals surface area contributed by atoms with Crippen molar-refractivity contribution in [2.24, 2.45) is 5.73 Å². The number of carbonyl (C=O) groups excluding carboxylic acids is 1. The van der Waals surface area contributed by atoms with Crippen LogP contribution in [0.4, 0.5) is 4.79 Å². The summed E-state index contributed by atoms with van der Waals surface area (Å²) in [6.45, 7) is 8.27. The van der Waals surface area contributed by atoms with Crippen molar-refractivity contribution in [2.45, 2.75) is 58.0 Å². The molecule has 0 aromatic carbocycles. The van der Waals surface area contributed by atoms with Crippen molar-refractivity contribution in [1.29, 1.82) is 0 Å². The zero-order valence-electron chi connectivity index (χ0n) is 9.46. The van der Waals surface area contributed by atoms with Crippen LogP contribution in [0.5, 0.6) is 0 Å². The molecule has 0 atom stereocenters. The lowest BCUT2D eigenvalue weighted by Gasteiger charge is -2.49. The SMILES string of the molecule is CC1(C)CCCC(C)(C)N1OC(N)=O. The Morgan fingerprint density at radius 1 is 1.21 bits per heavy atom. The number of primary amides is 1. The molecule has 0 aliphatic carbocycles. The number of hydrogen-bond donors (Lipinski definition) is 1. The maximum absolute atomic E-state index is 10.8. The van der Waals surface area contributed by atoms with Gasteiger partial charge in [-0.25, -0.2) is 4.79 Å². The van der Waals surface area contributed by atoms with Crippen LogP contribution in [0.2, 0.25) is 0 Å². The van der Waals surface area contributed by atoms with Crippen molar-refractivity contribution in [1.82, 2.24) is 5.06 Å². The minimum Gasteiger partial charge on any atom is -0.350 e. The molecule has 1 saturated heterocycles. The van der Waals surface area contributed by atoms with Crippen LogP contribution < -0.4 is 5.73 Å². The molecule has 0 aromatic rings. The molecule has 1 rings (SSSR count). The quantitative estimate of drug-likeness (QED) is 0.704. The summed E-state index contributed by atoms with van der Waals surface area (Å²) in [5.41, 5.74) is 4.81. The average molecular weight is 200 g/mol. The maximum atomic E-state index is 10.8. The van der Waals surface area contributed by atoms with Crippen molar-refractivity contribution in [3.05, 3.63) is 0 Å². The first-order chi connectivity index (χ1) is 6.26. The molecule has 0 spiro atoms. The Balaban J connectivity index is 2.85. The van der Waals surface area contributed by atoms with Gasteiger partial charge in [-0.3, -0.25) is 0 Å². The maximum Gasteiger partial charge on any atom is 0.423 e. The molecule has 1 heterocycles. The van der Waals surface area contributed by atoms with Gasteiger partial charge in [-0.1, -0.05) is 0 Å². The number of piperidine rings is 1. The third kappa shape index (κ3) is 2.18. The molecule has 1 amide bonds. The monoisotopic (exact) mass is 200 g/mol. The molecule has 4 heteroatoms. The summed E-state index contributed by atoms with van der Waals surface area (Å²) in [7, 11) is 0. The zero-order chi connectivity index (χ0) is 11.0. The Kier molecular flexibility index (Phi) is 2.76. The third-order valence-corrected chi connectivity index (χ3v) is 2.86. The molecule has 0 radical (unpaired) electrons. The first-order valence-electron chi connectivity index (χ1n) is 5.03. The number of hydrogen-bond acceptors (Lipinski definition) is 3. The van der Waals surface area contributed by atoms with Crippen LogP contribution in [-0.2, 0) is 4.84 Å². The molecule has 0 bridgehead atoms. The van der Waals surface area contributed by atoms with Gasteiger partial charge < -0.3 is 10.6 Å². The molecular weight excluding hydrogens is 180 g/mol. The molecule has 1 aliphatic heterocycles. The van der Waals surface area contributed by atoms with E-state index in [-0.39, 0.29) is 11.1 Å². The summed E-state index contributed by atoms with van der Waals surface area (Å²) in [4.78, 5) is 15.9. The van der Waals surface area contributed by atoms with Crippen LogP contribution in [0.25, 0.3) is 0 Å². The smallest absolute Gasteiger partial charge is 0.350 e. The second kappa shape index (κ2) is 3.42. The van der Waals surface area contributed by atoms with E-state index in [1.807, 2.05) is 0 Å². The fraction of sp³-hybridized carbons (Fsp3) is 0.900. The van der Waals surface area contributed by atoms with Crippen molar-refractivity contribution >= 4 is 6.09 Å². The summed E-state index contributed by atoms with van der Waals surface area (Å²) in [6, 6.07) is 0. The van der Waals surface area contributed by atoms with Gasteiger partial charge in [-0.2, -0.15) is 0 Å². The highest BCUT2D eigenvalue weighted by molar-refractivity contribution is 5.64. The molecule has 1 aliphatic rings. The Morgan fingerprint density at radius 3 is 2.00 bits per heavy atom. The van der Waals surface area contributed by atoms with Gasteiger partial charge in [0.15, 0.2) is 0 Å². The van der Waals surface area contributed by atoms with Gasteiger partial charge in [0, 0.05) is 0 Å². The number of rotatable bonds is 1. The van der Waals surface area contributed by atoms with Crippen molar-refractivity contribution < 1.29 is 9.63 Å². The lowest BCUT2D eigenvalue weighted by Crippen LogP contribution is -2.59. The second-order valence-corrected chi connectivity index (χ2v) is 5.18. The van der Waals surface area contributed by atoms with Gasteiger partial charge in [-0.05, 0) is 47.0 Å². The second-order valence-electron chi connectivity index (χ2n) is 5.18. The van der Waals surface area contributed by atoms with E-state index in [0.29, 0.717) is 0 Å². The van der Waals surface area contributed by atoms with Gasteiger partial charge >= 0.3 is 6.09 Å². The molecule has 0 unspecified atom stereocenters. The van der Waals surface area contributed by atoms with E-state index in [2.05, 4.69) is 27.7 Å². The number of nitrogens with zero attached hydrogens (tertiary/aromatic N) is 1. The van der Waals surface area contributed by atoms with E-state index < -0.39 is 6.09 Å². The number of carbonyl (C=O) groups is 1. The molecule has 0 aromatic heterocycles. The third-order valence-electron chi connectivity index (χ3n) is 2.86. The lowest BCUT2D eigenvalue weighted by molar-refractivity contribution is -0.237. The highest BCUT2D eigenvalue weighted by Crippen LogP contribution is 2.38. The topological polar surface area (TPSA) is 55.6 Å². The van der Waals surface area contributed by atoms with E-state index in [4.69, 9.17) is 10.6 Å². The predicted octanol–water partition coefficient (Wildman–Crippen LogP) is 2.04. The highest BCUT2D eigenvalue weighted by Gasteiger charge is 2.44. The predicted molar refractivity (Wildman–Crippen MR) is 54.5 cm³/mol. The molecule has 1 fully saturated rings. The van der Waals surface area contributed by atoms with E-state index in [1.54, 1.807) is 5.06 Å². The lowest BCUT2D eigenvalue weighted by atomic mass is 9.82. The minimum absolute atomic E-state index is 0.128. The Bertz CT molecular complexity index is 220. The van der Waals surface area contributed by atoms with Gasteiger partial charge in [0.25, 0.3) is 0 Å². The summed E-state index contributed by atoms with van der Waals surface area (Å²) >= 11 is 0. The van der Waals surface area contributed by atoms with Gasteiger partial charge in [-0.15, -0.1) is 5.06 Å². The summed E-state index contributed by atoms with van der Waals surface area (Å²) < 4.78 is 0. The van der Waals surface area contributed by atoms with E-state index >= 15 is 0 Å². The van der Waals surface area contributed by atoms with E-state index in [1.165, 1.54) is 0 Å². The first-order valence-corrected chi connectivity index (χ1v) is 5.03. The molecule has 4 nitrogen and oxygen atoms in total. The largest absolute Gasteiger partial charge is 0.423 e. The average Bonchev–Trinajstić information content (AvgIpc) is 1.96. The Labute approximate surface area is 85.3 Å². The van der Waals surface area contributed by atoms with E-state index in [9.17, 15) is 4.79 Å². The zero-order valence-corrected chi connectivity index (χ0v) is 9.46. The summed E-state index contributed by atoms with van der Waals surface area (Å²) in [6.07, 6.45) is 2.46.